The van der Waals surface area contributed by atoms with Crippen molar-refractivity contribution in [3.8, 4) is 0 Å². The van der Waals surface area contributed by atoms with Crippen LogP contribution in [0.3, 0.4) is 0 Å². The SMILES string of the molecule is CN=C(C[N+](=O)[O-])NCCSCc1cc(CO)c(CN(C)C)o1. The first kappa shape index (κ1) is 19.5. The summed E-state index contributed by atoms with van der Waals surface area (Å²) in [6, 6.07) is 1.88. The molecule has 0 aliphatic heterocycles. The van der Waals surface area contributed by atoms with Gasteiger partial charge in [0, 0.05) is 29.8 Å². The Balaban J connectivity index is 2.36. The molecule has 0 aromatic carbocycles. The first-order valence-electron chi connectivity index (χ1n) is 7.21. The second-order valence-corrected chi connectivity index (χ2v) is 6.30. The molecule has 23 heavy (non-hydrogen) atoms. The van der Waals surface area contributed by atoms with E-state index in [-0.39, 0.29) is 13.2 Å². The van der Waals surface area contributed by atoms with E-state index < -0.39 is 4.92 Å². The number of aliphatic hydroxyl groups excluding tert-OH is 1. The van der Waals surface area contributed by atoms with E-state index in [9.17, 15) is 15.2 Å². The van der Waals surface area contributed by atoms with E-state index in [2.05, 4.69) is 10.3 Å². The molecule has 1 heterocycles. The van der Waals surface area contributed by atoms with Gasteiger partial charge in [-0.05, 0) is 20.2 Å². The minimum Gasteiger partial charge on any atom is -0.463 e. The van der Waals surface area contributed by atoms with Crippen LogP contribution in [0.1, 0.15) is 17.1 Å². The standard InChI is InChI=1S/C14H24N4O4S/c1-15-14(8-18(20)21)16-4-5-23-10-12-6-11(9-19)13(22-12)7-17(2)3/h6,19H,4-5,7-10H2,1-3H3,(H,15,16). The van der Waals surface area contributed by atoms with Crippen LogP contribution < -0.4 is 5.32 Å². The number of thioether (sulfide) groups is 1. The molecule has 0 fully saturated rings. The Bertz CT molecular complexity index is 531. The smallest absolute Gasteiger partial charge is 0.259 e. The summed E-state index contributed by atoms with van der Waals surface area (Å²) in [5.41, 5.74) is 0.818. The minimum absolute atomic E-state index is 0.0316. The van der Waals surface area contributed by atoms with Crippen LogP contribution in [-0.4, -0.2) is 60.8 Å². The third-order valence-electron chi connectivity index (χ3n) is 2.95. The molecule has 0 spiro atoms. The van der Waals surface area contributed by atoms with Gasteiger partial charge in [-0.15, -0.1) is 0 Å². The molecule has 1 rings (SSSR count). The van der Waals surface area contributed by atoms with Crippen molar-refractivity contribution in [3.05, 3.63) is 33.3 Å². The van der Waals surface area contributed by atoms with Crippen LogP contribution in [0.4, 0.5) is 0 Å². The third-order valence-corrected chi connectivity index (χ3v) is 3.93. The topological polar surface area (TPSA) is 104 Å². The number of nitro groups is 1. The summed E-state index contributed by atoms with van der Waals surface area (Å²) in [5.74, 6) is 3.46. The molecule has 0 saturated heterocycles. The zero-order valence-corrected chi connectivity index (χ0v) is 14.6. The van der Waals surface area contributed by atoms with Crippen molar-refractivity contribution in [2.24, 2.45) is 4.99 Å². The number of nitrogens with zero attached hydrogens (tertiary/aromatic N) is 3. The maximum absolute atomic E-state index is 10.4. The number of furan rings is 1. The molecule has 0 saturated carbocycles. The van der Waals surface area contributed by atoms with Gasteiger partial charge in [-0.3, -0.25) is 15.1 Å². The molecule has 8 nitrogen and oxygen atoms in total. The van der Waals surface area contributed by atoms with Crippen LogP contribution in [0.25, 0.3) is 0 Å². The van der Waals surface area contributed by atoms with Crippen molar-refractivity contribution in [1.29, 1.82) is 0 Å². The Hall–Kier alpha value is -1.58. The molecule has 0 aliphatic rings. The average molecular weight is 344 g/mol. The van der Waals surface area contributed by atoms with Gasteiger partial charge < -0.3 is 19.7 Å². The number of amidine groups is 1. The van der Waals surface area contributed by atoms with Gasteiger partial charge in [0.05, 0.1) is 18.9 Å². The Kier molecular flexibility index (Phi) is 8.67. The lowest BCUT2D eigenvalue weighted by Gasteiger charge is -2.07. The lowest BCUT2D eigenvalue weighted by molar-refractivity contribution is -0.463. The van der Waals surface area contributed by atoms with Crippen LogP contribution in [0.2, 0.25) is 0 Å². The summed E-state index contributed by atoms with van der Waals surface area (Å²) in [6.45, 7) is 0.936. The maximum Gasteiger partial charge on any atom is 0.259 e. The molecular weight excluding hydrogens is 320 g/mol. The van der Waals surface area contributed by atoms with E-state index in [1.54, 1.807) is 11.8 Å². The van der Waals surface area contributed by atoms with Crippen LogP contribution in [0.5, 0.6) is 0 Å². The summed E-state index contributed by atoms with van der Waals surface area (Å²) < 4.78 is 5.76. The number of aliphatic imine (C=N–C) groups is 1. The Morgan fingerprint density at radius 1 is 1.57 bits per heavy atom. The van der Waals surface area contributed by atoms with E-state index in [4.69, 9.17) is 4.42 Å². The predicted molar refractivity (Wildman–Crippen MR) is 91.4 cm³/mol. The van der Waals surface area contributed by atoms with Crippen molar-refractivity contribution in [2.75, 3.05) is 40.0 Å². The molecule has 130 valence electrons. The molecule has 0 unspecified atom stereocenters. The molecule has 1 aromatic rings. The normalized spacial score (nSPS) is 12.0. The number of aliphatic hydroxyl groups is 1. The van der Waals surface area contributed by atoms with Gasteiger partial charge in [0.2, 0.25) is 0 Å². The maximum atomic E-state index is 10.4. The fraction of sp³-hybridized carbons (Fsp3) is 0.643. The van der Waals surface area contributed by atoms with Crippen LogP contribution >= 0.6 is 11.8 Å². The van der Waals surface area contributed by atoms with Crippen LogP contribution in [-0.2, 0) is 18.9 Å². The van der Waals surface area contributed by atoms with Crippen LogP contribution in [0, 0.1) is 10.1 Å². The molecule has 9 heteroatoms. The number of rotatable bonds is 10. The minimum atomic E-state index is -0.409. The Morgan fingerprint density at radius 2 is 2.30 bits per heavy atom. The fourth-order valence-corrected chi connectivity index (χ4v) is 2.66. The average Bonchev–Trinajstić information content (AvgIpc) is 2.86. The molecule has 2 N–H and O–H groups in total. The van der Waals surface area contributed by atoms with E-state index in [0.717, 1.165) is 22.8 Å². The highest BCUT2D eigenvalue weighted by Crippen LogP contribution is 2.21. The van der Waals surface area contributed by atoms with Gasteiger partial charge in [-0.25, -0.2) is 0 Å². The monoisotopic (exact) mass is 344 g/mol. The third kappa shape index (κ3) is 7.49. The van der Waals surface area contributed by atoms with E-state index in [1.807, 2.05) is 25.1 Å². The van der Waals surface area contributed by atoms with E-state index in [1.165, 1.54) is 7.05 Å². The summed E-state index contributed by atoms with van der Waals surface area (Å²) in [6.07, 6.45) is 0. The highest BCUT2D eigenvalue weighted by molar-refractivity contribution is 7.98. The van der Waals surface area contributed by atoms with E-state index in [0.29, 0.717) is 24.7 Å². The molecule has 0 bridgehead atoms. The summed E-state index contributed by atoms with van der Waals surface area (Å²) in [5, 5.41) is 22.7. The number of nitrogens with one attached hydrogen (secondary N) is 1. The molecule has 0 amide bonds. The van der Waals surface area contributed by atoms with E-state index >= 15 is 0 Å². The molecule has 1 aromatic heterocycles. The first-order valence-corrected chi connectivity index (χ1v) is 8.36. The molecule has 0 aliphatic carbocycles. The van der Waals surface area contributed by atoms with Gasteiger partial charge in [0.1, 0.15) is 11.5 Å². The number of hydrogen-bond donors (Lipinski definition) is 2. The second kappa shape index (κ2) is 10.2. The van der Waals surface area contributed by atoms with Crippen molar-refractivity contribution in [2.45, 2.75) is 18.9 Å². The molecular formula is C14H24N4O4S. The van der Waals surface area contributed by atoms with Gasteiger partial charge in [0.15, 0.2) is 5.84 Å². The van der Waals surface area contributed by atoms with Crippen molar-refractivity contribution < 1.29 is 14.4 Å². The van der Waals surface area contributed by atoms with Crippen molar-refractivity contribution in [1.82, 2.24) is 10.2 Å². The first-order chi connectivity index (χ1) is 11.0. The van der Waals surface area contributed by atoms with Crippen molar-refractivity contribution in [3.63, 3.8) is 0 Å². The van der Waals surface area contributed by atoms with Gasteiger partial charge in [0.25, 0.3) is 6.54 Å². The lowest BCUT2D eigenvalue weighted by Crippen LogP contribution is -2.31. The van der Waals surface area contributed by atoms with Crippen LogP contribution in [0.15, 0.2) is 15.5 Å². The summed E-state index contributed by atoms with van der Waals surface area (Å²) in [4.78, 5) is 15.8. The largest absolute Gasteiger partial charge is 0.463 e. The zero-order chi connectivity index (χ0) is 17.2. The Labute approximate surface area is 140 Å². The highest BCUT2D eigenvalue weighted by Gasteiger charge is 2.11. The number of hydrogen-bond acceptors (Lipinski definition) is 7. The second-order valence-electron chi connectivity index (χ2n) is 5.20. The lowest BCUT2D eigenvalue weighted by atomic mass is 10.2. The quantitative estimate of drug-likeness (QED) is 0.214. The van der Waals surface area contributed by atoms with Crippen molar-refractivity contribution >= 4 is 17.6 Å². The fourth-order valence-electron chi connectivity index (χ4n) is 1.92. The predicted octanol–water partition coefficient (Wildman–Crippen LogP) is 0.961. The van der Waals surface area contributed by atoms with Gasteiger partial charge in [-0.2, -0.15) is 11.8 Å². The van der Waals surface area contributed by atoms with Gasteiger partial charge >= 0.3 is 0 Å². The Morgan fingerprint density at radius 3 is 2.87 bits per heavy atom. The summed E-state index contributed by atoms with van der Waals surface area (Å²) >= 11 is 1.65. The molecule has 0 radical (unpaired) electrons. The highest BCUT2D eigenvalue weighted by atomic mass is 32.2. The summed E-state index contributed by atoms with van der Waals surface area (Å²) in [7, 11) is 5.42. The zero-order valence-electron chi connectivity index (χ0n) is 13.7. The molecule has 0 atom stereocenters. The van der Waals surface area contributed by atoms with Gasteiger partial charge in [-0.1, -0.05) is 0 Å².